The van der Waals surface area contributed by atoms with Gasteiger partial charge in [-0.05, 0) is 37.6 Å². The molecule has 0 atom stereocenters. The highest BCUT2D eigenvalue weighted by atomic mass is 16.5. The van der Waals surface area contributed by atoms with Crippen molar-refractivity contribution in [1.29, 1.82) is 0 Å². The lowest BCUT2D eigenvalue weighted by atomic mass is 10.2. The molecule has 1 N–H and O–H groups in total. The first-order valence-electron chi connectivity index (χ1n) is 4.51. The molecule has 0 aliphatic rings. The number of Topliss-reactive ketones (excluding diaryl/α,β-unsaturated/α-hetero) is 1. The number of hydrogen-bond donors (Lipinski definition) is 1. The predicted octanol–water partition coefficient (Wildman–Crippen LogP) is 2.00. The topological polar surface area (TPSA) is 38.3 Å². The lowest BCUT2D eigenvalue weighted by Gasteiger charge is -2.08. The molecule has 0 saturated heterocycles. The molecule has 1 aromatic carbocycles. The third kappa shape index (κ3) is 2.76. The number of hydrogen-bond acceptors (Lipinski definition) is 3. The van der Waals surface area contributed by atoms with Crippen LogP contribution >= 0.6 is 0 Å². The Kier molecular flexibility index (Phi) is 3.51. The van der Waals surface area contributed by atoms with Crippen LogP contribution in [-0.4, -0.2) is 19.4 Å². The molecule has 0 heterocycles. The molecule has 0 unspecified atom stereocenters. The summed E-state index contributed by atoms with van der Waals surface area (Å²) in [5, 5.41) is 3.03. The Morgan fingerprint density at radius 2 is 2.21 bits per heavy atom. The summed E-state index contributed by atoms with van der Waals surface area (Å²) in [4.78, 5) is 10.7. The number of ether oxygens (including phenoxy) is 1. The lowest BCUT2D eigenvalue weighted by Crippen LogP contribution is -2.09. The first-order chi connectivity index (χ1) is 6.63. The maximum atomic E-state index is 10.7. The van der Waals surface area contributed by atoms with E-state index >= 15 is 0 Å². The van der Waals surface area contributed by atoms with Crippen molar-refractivity contribution in [3.63, 3.8) is 0 Å². The first-order valence-corrected chi connectivity index (χ1v) is 4.51. The summed E-state index contributed by atoms with van der Waals surface area (Å²) in [7, 11) is 1.64. The maximum absolute atomic E-state index is 10.7. The quantitative estimate of drug-likeness (QED) is 0.794. The number of carbonyl (C=O) groups excluding carboxylic acids is 1. The van der Waals surface area contributed by atoms with E-state index in [1.807, 2.05) is 25.1 Å². The molecule has 14 heavy (non-hydrogen) atoms. The second-order valence-corrected chi connectivity index (χ2v) is 3.24. The van der Waals surface area contributed by atoms with Crippen LogP contribution in [0.2, 0.25) is 0 Å². The third-order valence-electron chi connectivity index (χ3n) is 1.94. The largest absolute Gasteiger partial charge is 0.496 e. The van der Waals surface area contributed by atoms with Gasteiger partial charge in [-0.25, -0.2) is 0 Å². The zero-order chi connectivity index (χ0) is 10.6. The highest BCUT2D eigenvalue weighted by Crippen LogP contribution is 2.20. The van der Waals surface area contributed by atoms with Gasteiger partial charge in [-0.15, -0.1) is 0 Å². The van der Waals surface area contributed by atoms with E-state index in [1.54, 1.807) is 14.0 Å². The summed E-state index contributed by atoms with van der Waals surface area (Å²) >= 11 is 0. The molecule has 0 radical (unpaired) electrons. The van der Waals surface area contributed by atoms with E-state index in [2.05, 4.69) is 5.32 Å². The minimum Gasteiger partial charge on any atom is -0.496 e. The Bertz CT molecular complexity index is 334. The minimum atomic E-state index is 0.124. The number of anilines is 1. The predicted molar refractivity (Wildman–Crippen MR) is 56.9 cm³/mol. The molecule has 0 bridgehead atoms. The zero-order valence-electron chi connectivity index (χ0n) is 8.76. The van der Waals surface area contributed by atoms with Crippen molar-refractivity contribution in [2.75, 3.05) is 19.0 Å². The van der Waals surface area contributed by atoms with Crippen LogP contribution in [0, 0.1) is 6.92 Å². The normalized spacial score (nSPS) is 9.64. The van der Waals surface area contributed by atoms with Crippen molar-refractivity contribution in [2.45, 2.75) is 13.8 Å². The molecule has 3 heteroatoms. The number of carbonyl (C=O) groups is 1. The maximum Gasteiger partial charge on any atom is 0.148 e. The number of nitrogens with one attached hydrogen (secondary N) is 1. The molecule has 1 aromatic rings. The first kappa shape index (κ1) is 10.6. The van der Waals surface area contributed by atoms with Crippen LogP contribution in [0.1, 0.15) is 12.5 Å². The average Bonchev–Trinajstić information content (AvgIpc) is 2.15. The Hall–Kier alpha value is -1.51. The van der Waals surface area contributed by atoms with Gasteiger partial charge in [0.2, 0.25) is 0 Å². The molecule has 1 rings (SSSR count). The Morgan fingerprint density at radius 3 is 2.71 bits per heavy atom. The van der Waals surface area contributed by atoms with E-state index in [0.29, 0.717) is 6.54 Å². The number of benzene rings is 1. The summed E-state index contributed by atoms with van der Waals surface area (Å²) in [6.07, 6.45) is 0. The fraction of sp³-hybridized carbons (Fsp3) is 0.364. The van der Waals surface area contributed by atoms with E-state index < -0.39 is 0 Å². The molecular formula is C11H15NO2. The second kappa shape index (κ2) is 4.65. The third-order valence-corrected chi connectivity index (χ3v) is 1.94. The molecule has 0 aliphatic carbocycles. The summed E-state index contributed by atoms with van der Waals surface area (Å²) in [5.74, 6) is 0.983. The highest BCUT2D eigenvalue weighted by molar-refractivity contribution is 5.80. The van der Waals surface area contributed by atoms with Crippen molar-refractivity contribution in [1.82, 2.24) is 0 Å². The van der Waals surface area contributed by atoms with Crippen molar-refractivity contribution in [2.24, 2.45) is 0 Å². The van der Waals surface area contributed by atoms with Gasteiger partial charge in [0, 0.05) is 5.69 Å². The Morgan fingerprint density at radius 1 is 1.50 bits per heavy atom. The van der Waals surface area contributed by atoms with Crippen LogP contribution in [0.5, 0.6) is 5.75 Å². The molecule has 3 nitrogen and oxygen atoms in total. The standard InChI is InChI=1S/C11H15NO2/c1-8-6-10(12-7-9(2)13)4-5-11(8)14-3/h4-6,12H,7H2,1-3H3. The van der Waals surface area contributed by atoms with Crippen LogP contribution in [-0.2, 0) is 4.79 Å². The molecular weight excluding hydrogens is 178 g/mol. The summed E-state index contributed by atoms with van der Waals surface area (Å²) in [5.41, 5.74) is 2.00. The summed E-state index contributed by atoms with van der Waals surface area (Å²) in [6.45, 7) is 3.90. The van der Waals surface area contributed by atoms with Crippen LogP contribution in [0.15, 0.2) is 18.2 Å². The second-order valence-electron chi connectivity index (χ2n) is 3.24. The SMILES string of the molecule is COc1ccc(NCC(C)=O)cc1C. The van der Waals surface area contributed by atoms with Gasteiger partial charge in [0.05, 0.1) is 13.7 Å². The zero-order valence-corrected chi connectivity index (χ0v) is 8.76. The van der Waals surface area contributed by atoms with Gasteiger partial charge < -0.3 is 10.1 Å². The van der Waals surface area contributed by atoms with Crippen molar-refractivity contribution < 1.29 is 9.53 Å². The van der Waals surface area contributed by atoms with Crippen molar-refractivity contribution in [3.8, 4) is 5.75 Å². The fourth-order valence-corrected chi connectivity index (χ4v) is 1.21. The molecule has 0 amide bonds. The number of aryl methyl sites for hydroxylation is 1. The van der Waals surface area contributed by atoms with Gasteiger partial charge in [-0.2, -0.15) is 0 Å². The molecule has 76 valence electrons. The summed E-state index contributed by atoms with van der Waals surface area (Å²) < 4.78 is 5.13. The van der Waals surface area contributed by atoms with Crippen LogP contribution in [0.3, 0.4) is 0 Å². The van der Waals surface area contributed by atoms with Crippen LogP contribution < -0.4 is 10.1 Å². The molecule has 0 aliphatic heterocycles. The monoisotopic (exact) mass is 193 g/mol. The average molecular weight is 193 g/mol. The molecule has 0 fully saturated rings. The highest BCUT2D eigenvalue weighted by Gasteiger charge is 1.99. The van der Waals surface area contributed by atoms with Gasteiger partial charge in [-0.3, -0.25) is 4.79 Å². The van der Waals surface area contributed by atoms with Gasteiger partial charge >= 0.3 is 0 Å². The van der Waals surface area contributed by atoms with Gasteiger partial charge in [0.25, 0.3) is 0 Å². The van der Waals surface area contributed by atoms with E-state index in [0.717, 1.165) is 17.0 Å². The minimum absolute atomic E-state index is 0.124. The van der Waals surface area contributed by atoms with E-state index in [9.17, 15) is 4.79 Å². The van der Waals surface area contributed by atoms with E-state index in [1.165, 1.54) is 0 Å². The van der Waals surface area contributed by atoms with Gasteiger partial charge in [0.1, 0.15) is 11.5 Å². The van der Waals surface area contributed by atoms with E-state index in [-0.39, 0.29) is 5.78 Å². The van der Waals surface area contributed by atoms with E-state index in [4.69, 9.17) is 4.74 Å². The number of methoxy groups -OCH3 is 1. The molecule has 0 spiro atoms. The fourth-order valence-electron chi connectivity index (χ4n) is 1.21. The number of ketones is 1. The van der Waals surface area contributed by atoms with Crippen molar-refractivity contribution in [3.05, 3.63) is 23.8 Å². The smallest absolute Gasteiger partial charge is 0.148 e. The van der Waals surface area contributed by atoms with Crippen molar-refractivity contribution >= 4 is 11.5 Å². The van der Waals surface area contributed by atoms with Crippen LogP contribution in [0.4, 0.5) is 5.69 Å². The summed E-state index contributed by atoms with van der Waals surface area (Å²) in [6, 6.07) is 5.74. The Labute approximate surface area is 84.1 Å². The Balaban J connectivity index is 2.71. The lowest BCUT2D eigenvalue weighted by molar-refractivity contribution is -0.115. The number of rotatable bonds is 4. The van der Waals surface area contributed by atoms with Gasteiger partial charge in [-0.1, -0.05) is 0 Å². The molecule has 0 saturated carbocycles. The van der Waals surface area contributed by atoms with Gasteiger partial charge in [0.15, 0.2) is 0 Å². The van der Waals surface area contributed by atoms with Crippen LogP contribution in [0.25, 0.3) is 0 Å². The molecule has 0 aromatic heterocycles.